The van der Waals surface area contributed by atoms with Gasteiger partial charge in [-0.25, -0.2) is 0 Å². The number of benzene rings is 1. The minimum atomic E-state index is 0.174. The predicted octanol–water partition coefficient (Wildman–Crippen LogP) is 2.63. The molecule has 0 saturated carbocycles. The quantitative estimate of drug-likeness (QED) is 0.933. The maximum Gasteiger partial charge on any atom is 0.134 e. The number of hydrogen-bond donors (Lipinski definition) is 1. The van der Waals surface area contributed by atoms with E-state index in [-0.39, 0.29) is 5.54 Å². The molecule has 1 N–H and O–H groups in total. The van der Waals surface area contributed by atoms with E-state index in [1.807, 2.05) is 18.2 Å². The first kappa shape index (κ1) is 13.5. The van der Waals surface area contributed by atoms with Crippen molar-refractivity contribution in [1.29, 1.82) is 0 Å². The van der Waals surface area contributed by atoms with Crippen molar-refractivity contribution in [2.24, 2.45) is 0 Å². The molecule has 1 aliphatic heterocycles. The van der Waals surface area contributed by atoms with Gasteiger partial charge in [-0.15, -0.1) is 0 Å². The van der Waals surface area contributed by atoms with Crippen molar-refractivity contribution in [2.45, 2.75) is 25.9 Å². The summed E-state index contributed by atoms with van der Waals surface area (Å²) >= 11 is 0. The van der Waals surface area contributed by atoms with Crippen LogP contribution in [-0.4, -0.2) is 37.2 Å². The number of nitrogens with one attached hydrogen (secondary N) is 1. The van der Waals surface area contributed by atoms with E-state index in [9.17, 15) is 0 Å². The number of furan rings is 1. The monoisotopic (exact) mass is 274 g/mol. The summed E-state index contributed by atoms with van der Waals surface area (Å²) in [6.45, 7) is 8.46. The molecule has 2 heterocycles. The number of rotatable bonds is 3. The average molecular weight is 274 g/mol. The van der Waals surface area contributed by atoms with Gasteiger partial charge in [-0.1, -0.05) is 0 Å². The molecule has 0 aliphatic carbocycles. The van der Waals surface area contributed by atoms with Gasteiger partial charge in [-0.3, -0.25) is 4.90 Å². The van der Waals surface area contributed by atoms with Gasteiger partial charge in [0, 0.05) is 30.6 Å². The highest BCUT2D eigenvalue weighted by Crippen LogP contribution is 2.25. The van der Waals surface area contributed by atoms with Crippen molar-refractivity contribution in [3.05, 3.63) is 30.0 Å². The topological polar surface area (TPSA) is 37.6 Å². The van der Waals surface area contributed by atoms with Crippen LogP contribution in [0.25, 0.3) is 11.0 Å². The SMILES string of the molecule is COc1ccc2oc(CN3CCNC(C)(C)C3)cc2c1. The Balaban J connectivity index is 1.77. The number of fused-ring (bicyclic) bond motifs is 1. The van der Waals surface area contributed by atoms with E-state index in [1.165, 1.54) is 0 Å². The predicted molar refractivity (Wildman–Crippen MR) is 80.1 cm³/mol. The summed E-state index contributed by atoms with van der Waals surface area (Å²) in [7, 11) is 1.69. The average Bonchev–Trinajstić information content (AvgIpc) is 2.78. The molecule has 20 heavy (non-hydrogen) atoms. The van der Waals surface area contributed by atoms with E-state index in [0.29, 0.717) is 0 Å². The molecule has 2 aromatic rings. The number of piperazine rings is 1. The standard InChI is InChI=1S/C16H22N2O2/c1-16(2)11-18(7-6-17-16)10-14-9-12-8-13(19-3)4-5-15(12)20-14/h4-5,8-9,17H,6-7,10-11H2,1-3H3. The molecule has 1 aromatic heterocycles. The third kappa shape index (κ3) is 2.81. The summed E-state index contributed by atoms with van der Waals surface area (Å²) in [5, 5.41) is 4.63. The lowest BCUT2D eigenvalue weighted by Crippen LogP contribution is -2.56. The highest BCUT2D eigenvalue weighted by Gasteiger charge is 2.26. The van der Waals surface area contributed by atoms with Gasteiger partial charge in [0.1, 0.15) is 17.1 Å². The van der Waals surface area contributed by atoms with Gasteiger partial charge in [0.05, 0.1) is 13.7 Å². The third-order valence-electron chi connectivity index (χ3n) is 3.80. The van der Waals surface area contributed by atoms with Crippen LogP contribution in [0, 0.1) is 0 Å². The van der Waals surface area contributed by atoms with Crippen LogP contribution >= 0.6 is 0 Å². The minimum absolute atomic E-state index is 0.174. The Labute approximate surface area is 119 Å². The fourth-order valence-electron chi connectivity index (χ4n) is 2.88. The van der Waals surface area contributed by atoms with E-state index >= 15 is 0 Å². The van der Waals surface area contributed by atoms with Crippen LogP contribution in [0.15, 0.2) is 28.7 Å². The Bertz CT molecular complexity index is 604. The lowest BCUT2D eigenvalue weighted by molar-refractivity contribution is 0.140. The van der Waals surface area contributed by atoms with Gasteiger partial charge in [-0.05, 0) is 38.1 Å². The zero-order chi connectivity index (χ0) is 14.2. The maximum atomic E-state index is 5.92. The normalized spacial score (nSPS) is 19.4. The summed E-state index contributed by atoms with van der Waals surface area (Å²) in [5.41, 5.74) is 1.10. The summed E-state index contributed by atoms with van der Waals surface area (Å²) < 4.78 is 11.2. The molecule has 108 valence electrons. The Morgan fingerprint density at radius 3 is 2.95 bits per heavy atom. The van der Waals surface area contributed by atoms with Crippen LogP contribution in [0.4, 0.5) is 0 Å². The molecule has 0 bridgehead atoms. The number of ether oxygens (including phenoxy) is 1. The molecule has 3 rings (SSSR count). The van der Waals surface area contributed by atoms with Crippen molar-refractivity contribution in [1.82, 2.24) is 10.2 Å². The largest absolute Gasteiger partial charge is 0.497 e. The minimum Gasteiger partial charge on any atom is -0.497 e. The van der Waals surface area contributed by atoms with Gasteiger partial charge in [-0.2, -0.15) is 0 Å². The lowest BCUT2D eigenvalue weighted by atomic mass is 10.0. The second-order valence-corrected chi connectivity index (χ2v) is 6.14. The molecule has 1 aromatic carbocycles. The van der Waals surface area contributed by atoms with E-state index < -0.39 is 0 Å². The van der Waals surface area contributed by atoms with Crippen LogP contribution in [0.5, 0.6) is 5.75 Å². The summed E-state index contributed by atoms with van der Waals surface area (Å²) in [6.07, 6.45) is 0. The van der Waals surface area contributed by atoms with Crippen molar-refractivity contribution in [2.75, 3.05) is 26.7 Å². The first-order valence-electron chi connectivity index (χ1n) is 7.10. The lowest BCUT2D eigenvalue weighted by Gasteiger charge is -2.38. The maximum absolute atomic E-state index is 5.92. The Morgan fingerprint density at radius 2 is 2.20 bits per heavy atom. The van der Waals surface area contributed by atoms with Crippen molar-refractivity contribution < 1.29 is 9.15 Å². The molecular formula is C16H22N2O2. The number of nitrogens with zero attached hydrogens (tertiary/aromatic N) is 1. The van der Waals surface area contributed by atoms with Crippen LogP contribution in [-0.2, 0) is 6.54 Å². The molecule has 0 radical (unpaired) electrons. The van der Waals surface area contributed by atoms with Crippen molar-refractivity contribution >= 4 is 11.0 Å². The fourth-order valence-corrected chi connectivity index (χ4v) is 2.88. The van der Waals surface area contributed by atoms with E-state index in [2.05, 4.69) is 30.1 Å². The number of methoxy groups -OCH3 is 1. The molecule has 0 unspecified atom stereocenters. The zero-order valence-corrected chi connectivity index (χ0v) is 12.4. The summed E-state index contributed by atoms with van der Waals surface area (Å²) in [6, 6.07) is 8.04. The molecule has 1 saturated heterocycles. The molecule has 1 aliphatic rings. The van der Waals surface area contributed by atoms with Crippen molar-refractivity contribution in [3.8, 4) is 5.75 Å². The van der Waals surface area contributed by atoms with Gasteiger partial charge in [0.15, 0.2) is 0 Å². The molecular weight excluding hydrogens is 252 g/mol. The Hall–Kier alpha value is -1.52. The summed E-state index contributed by atoms with van der Waals surface area (Å²) in [4.78, 5) is 2.44. The number of hydrogen-bond acceptors (Lipinski definition) is 4. The first-order valence-corrected chi connectivity index (χ1v) is 7.10. The second-order valence-electron chi connectivity index (χ2n) is 6.14. The first-order chi connectivity index (χ1) is 9.55. The highest BCUT2D eigenvalue weighted by molar-refractivity contribution is 5.79. The summed E-state index contributed by atoms with van der Waals surface area (Å²) in [5.74, 6) is 1.89. The molecule has 0 amide bonds. The third-order valence-corrected chi connectivity index (χ3v) is 3.80. The van der Waals surface area contributed by atoms with Crippen LogP contribution in [0.2, 0.25) is 0 Å². The van der Waals surface area contributed by atoms with E-state index in [1.54, 1.807) is 7.11 Å². The van der Waals surface area contributed by atoms with E-state index in [4.69, 9.17) is 9.15 Å². The van der Waals surface area contributed by atoms with E-state index in [0.717, 1.165) is 48.7 Å². The van der Waals surface area contributed by atoms with Crippen LogP contribution in [0.1, 0.15) is 19.6 Å². The van der Waals surface area contributed by atoms with Crippen LogP contribution < -0.4 is 10.1 Å². The van der Waals surface area contributed by atoms with Gasteiger partial charge >= 0.3 is 0 Å². The Kier molecular flexibility index (Phi) is 3.44. The molecule has 0 spiro atoms. The van der Waals surface area contributed by atoms with Crippen LogP contribution in [0.3, 0.4) is 0 Å². The second kappa shape index (κ2) is 5.11. The highest BCUT2D eigenvalue weighted by atomic mass is 16.5. The fraction of sp³-hybridized carbons (Fsp3) is 0.500. The zero-order valence-electron chi connectivity index (χ0n) is 12.4. The van der Waals surface area contributed by atoms with Crippen molar-refractivity contribution in [3.63, 3.8) is 0 Å². The molecule has 4 nitrogen and oxygen atoms in total. The molecule has 0 atom stereocenters. The Morgan fingerprint density at radius 1 is 1.35 bits per heavy atom. The molecule has 4 heteroatoms. The smallest absolute Gasteiger partial charge is 0.134 e. The van der Waals surface area contributed by atoms with Gasteiger partial charge in [0.2, 0.25) is 0 Å². The molecule has 1 fully saturated rings. The van der Waals surface area contributed by atoms with Gasteiger partial charge in [0.25, 0.3) is 0 Å². The van der Waals surface area contributed by atoms with Gasteiger partial charge < -0.3 is 14.5 Å².